The molecule has 4 saturated heterocycles. The van der Waals surface area contributed by atoms with Crippen LogP contribution >= 0.6 is 0 Å². The van der Waals surface area contributed by atoms with Gasteiger partial charge in [-0.3, -0.25) is 9.69 Å². The maximum Gasteiger partial charge on any atom is 0.414 e. The summed E-state index contributed by atoms with van der Waals surface area (Å²) >= 11 is 0. The van der Waals surface area contributed by atoms with Crippen LogP contribution in [-0.4, -0.2) is 226 Å². The van der Waals surface area contributed by atoms with Crippen molar-refractivity contribution in [3.8, 4) is 0 Å². The van der Waals surface area contributed by atoms with Gasteiger partial charge in [0, 0.05) is 64.1 Å². The summed E-state index contributed by atoms with van der Waals surface area (Å²) in [5.74, 6) is -2.87. The number of aliphatic hydroxyl groups excluding tert-OH is 3. The van der Waals surface area contributed by atoms with Crippen molar-refractivity contribution in [3.63, 3.8) is 0 Å². The number of anilines is 1. The molecule has 78 heavy (non-hydrogen) atoms. The Morgan fingerprint density at radius 2 is 1.56 bits per heavy atom. The average Bonchev–Trinajstić information content (AvgIpc) is 3.99. The summed E-state index contributed by atoms with van der Waals surface area (Å²) in [4.78, 5) is 32.9. The van der Waals surface area contributed by atoms with Crippen LogP contribution < -0.4 is 4.90 Å². The molecule has 1 aromatic heterocycles. The van der Waals surface area contributed by atoms with Gasteiger partial charge in [0.15, 0.2) is 12.6 Å². The van der Waals surface area contributed by atoms with Crippen molar-refractivity contribution in [1.29, 1.82) is 0 Å². The summed E-state index contributed by atoms with van der Waals surface area (Å²) in [6, 6.07) is 5.02. The lowest BCUT2D eigenvalue weighted by Crippen LogP contribution is -2.60. The standard InChI is InChI=1S/C54H91N7O16S/c1-16-42-54(10,68)46(63)35(6)59(14)27-31(2)25-52(8,67)48(33(4)45(34(5)49(65)75-42)76-43-26-53(9,71-15)47(64)36(7)73-43)77-50-44(62)41(24-32(3)72-50)58(13)23-17-18-37-28-60(56-55-37)29-39-30-61(51(66)74-39)38-19-21-40(22-20-38)78(69,70)57(11)12/h19-22,28,31-36,39,41-48,50,62-64,67-68H,16-18,23-27,29-30H2,1-15H3/t31-,32-,33+,34-,35-,36+,39+,41+,42-,43+,44-,45+,46-,47+,48-,50+,52-,53-,54-/m1/s1. The number of aryl methyl sites for hydroxylation is 1. The maximum atomic E-state index is 14.5. The van der Waals surface area contributed by atoms with Crippen molar-refractivity contribution in [2.45, 2.75) is 216 Å². The van der Waals surface area contributed by atoms with Gasteiger partial charge in [-0.25, -0.2) is 22.2 Å². The number of aliphatic hydroxyl groups is 5. The number of carbonyl (C=O) groups excluding carboxylic acids is 2. The second-order valence-corrected chi connectivity index (χ2v) is 25.8. The zero-order chi connectivity index (χ0) is 58.0. The molecule has 0 aliphatic carbocycles. The summed E-state index contributed by atoms with van der Waals surface area (Å²) < 4.78 is 71.8. The van der Waals surface area contributed by atoms with Gasteiger partial charge in [-0.15, -0.1) is 5.10 Å². The lowest BCUT2D eigenvalue weighted by molar-refractivity contribution is -0.318. The molecule has 4 fully saturated rings. The quantitative estimate of drug-likeness (QED) is 0.151. The van der Waals surface area contributed by atoms with E-state index in [1.807, 2.05) is 32.8 Å². The molecule has 5 heterocycles. The van der Waals surface area contributed by atoms with E-state index in [4.69, 9.17) is 33.2 Å². The predicted molar refractivity (Wildman–Crippen MR) is 286 cm³/mol. The number of amides is 1. The maximum absolute atomic E-state index is 14.5. The molecule has 6 rings (SSSR count). The third-order valence-electron chi connectivity index (χ3n) is 16.8. The van der Waals surface area contributed by atoms with Gasteiger partial charge < -0.3 is 68.5 Å². The van der Waals surface area contributed by atoms with Gasteiger partial charge in [-0.1, -0.05) is 26.0 Å². The Balaban J connectivity index is 1.18. The van der Waals surface area contributed by atoms with Crippen LogP contribution in [0, 0.1) is 17.8 Å². The number of methoxy groups -OCH3 is 1. The summed E-state index contributed by atoms with van der Waals surface area (Å²) in [7, 11) is 4.51. The van der Waals surface area contributed by atoms with Crippen LogP contribution in [0.1, 0.15) is 107 Å². The van der Waals surface area contributed by atoms with E-state index in [2.05, 4.69) is 15.2 Å². The second kappa shape index (κ2) is 25.8. The number of aromatic nitrogens is 3. The molecule has 5 N–H and O–H groups in total. The number of ether oxygens (including phenoxy) is 7. The van der Waals surface area contributed by atoms with Gasteiger partial charge in [0.25, 0.3) is 0 Å². The van der Waals surface area contributed by atoms with Gasteiger partial charge in [0.2, 0.25) is 10.0 Å². The smallest absolute Gasteiger partial charge is 0.414 e. The third-order valence-corrected chi connectivity index (χ3v) is 18.7. The fourth-order valence-electron chi connectivity index (χ4n) is 11.9. The molecule has 19 atom stereocenters. The van der Waals surface area contributed by atoms with E-state index < -0.39 is 124 Å². The largest absolute Gasteiger partial charge is 0.459 e. The molecule has 4 aliphatic heterocycles. The Labute approximate surface area is 461 Å². The van der Waals surface area contributed by atoms with E-state index >= 15 is 0 Å². The van der Waals surface area contributed by atoms with E-state index in [-0.39, 0.29) is 49.3 Å². The molecular formula is C54H91N7O16S. The molecule has 1 aromatic carbocycles. The SMILES string of the molecule is CC[C@H]1OC(=O)[C@H](C)[C@@H](O[C@H]2C[C@@](C)(OC)[C@@H](O)[C@H](C)O2)[C@H](C)[C@@H](O[C@@H]2O[C@H](C)C[C@H](N(C)CCCc3cn(C[C@H]4CN(c5ccc(S(=O)(=O)N(C)C)cc5)C(=O)O4)nn3)[C@H]2O)[C@](C)(O)C[C@@H](C)CN(C)[C@H](C)[C@@H](O)[C@]1(C)O. The van der Waals surface area contributed by atoms with Crippen LogP contribution in [0.15, 0.2) is 35.4 Å². The van der Waals surface area contributed by atoms with Gasteiger partial charge in [0.1, 0.15) is 36.1 Å². The molecule has 4 aliphatic rings. The number of rotatable bonds is 16. The average molecular weight is 1130 g/mol. The van der Waals surface area contributed by atoms with E-state index in [0.29, 0.717) is 38.0 Å². The zero-order valence-corrected chi connectivity index (χ0v) is 49.3. The van der Waals surface area contributed by atoms with Gasteiger partial charge in [-0.2, -0.15) is 0 Å². The highest BCUT2D eigenvalue weighted by Crippen LogP contribution is 2.40. The molecule has 0 unspecified atom stereocenters. The number of hydrogen-bond donors (Lipinski definition) is 5. The van der Waals surface area contributed by atoms with E-state index in [1.165, 1.54) is 45.2 Å². The summed E-state index contributed by atoms with van der Waals surface area (Å²) in [6.07, 6.45) is -7.44. The molecule has 2 aromatic rings. The molecule has 0 bridgehead atoms. The van der Waals surface area contributed by atoms with E-state index in [1.54, 1.807) is 71.5 Å². The first-order valence-corrected chi connectivity index (χ1v) is 29.0. The van der Waals surface area contributed by atoms with Crippen LogP contribution in [0.2, 0.25) is 0 Å². The number of likely N-dealkylation sites (N-methyl/N-ethyl adjacent to an activating group) is 2. The molecule has 1 amide bonds. The van der Waals surface area contributed by atoms with Crippen molar-refractivity contribution in [2.75, 3.05) is 59.8 Å². The van der Waals surface area contributed by atoms with Crippen molar-refractivity contribution in [2.24, 2.45) is 17.8 Å². The highest BCUT2D eigenvalue weighted by molar-refractivity contribution is 7.89. The predicted octanol–water partition coefficient (Wildman–Crippen LogP) is 2.77. The third kappa shape index (κ3) is 14.4. The fourth-order valence-corrected chi connectivity index (χ4v) is 12.8. The second-order valence-electron chi connectivity index (χ2n) is 23.6. The van der Waals surface area contributed by atoms with Crippen molar-refractivity contribution >= 4 is 27.8 Å². The summed E-state index contributed by atoms with van der Waals surface area (Å²) in [5, 5.41) is 68.4. The van der Waals surface area contributed by atoms with Gasteiger partial charge in [-0.05, 0) is 131 Å². The molecule has 444 valence electrons. The topological polar surface area (TPSA) is 278 Å². The Morgan fingerprint density at radius 1 is 0.897 bits per heavy atom. The fraction of sp³-hybridized carbons (Fsp3) is 0.815. The highest BCUT2D eigenvalue weighted by Gasteiger charge is 2.53. The number of esters is 1. The minimum Gasteiger partial charge on any atom is -0.459 e. The summed E-state index contributed by atoms with van der Waals surface area (Å²) in [5.41, 5.74) is -3.37. The van der Waals surface area contributed by atoms with Crippen molar-refractivity contribution < 1.29 is 76.7 Å². The molecule has 0 radical (unpaired) electrons. The Morgan fingerprint density at radius 3 is 2.19 bits per heavy atom. The number of hydrogen-bond acceptors (Lipinski definition) is 20. The van der Waals surface area contributed by atoms with Gasteiger partial charge >= 0.3 is 12.1 Å². The molecule has 24 heteroatoms. The first-order valence-electron chi connectivity index (χ1n) is 27.5. The number of benzene rings is 1. The number of sulfonamides is 1. The monoisotopic (exact) mass is 1130 g/mol. The molecule has 23 nitrogen and oxygen atoms in total. The summed E-state index contributed by atoms with van der Waals surface area (Å²) in [6.45, 7) is 18.9. The number of carbonyl (C=O) groups is 2. The Bertz CT molecular complexity index is 2400. The first-order chi connectivity index (χ1) is 36.3. The van der Waals surface area contributed by atoms with Crippen LogP contribution in [0.3, 0.4) is 0 Å². The van der Waals surface area contributed by atoms with Crippen LogP contribution in [0.4, 0.5) is 10.5 Å². The lowest BCUT2D eigenvalue weighted by atomic mass is 9.77. The number of cyclic esters (lactones) is 2. The Hall–Kier alpha value is -3.47. The molecular weight excluding hydrogens is 1030 g/mol. The van der Waals surface area contributed by atoms with Crippen LogP contribution in [-0.2, 0) is 60.9 Å². The van der Waals surface area contributed by atoms with Crippen LogP contribution in [0.25, 0.3) is 0 Å². The zero-order valence-electron chi connectivity index (χ0n) is 48.5. The highest BCUT2D eigenvalue weighted by atomic mass is 32.2. The minimum atomic E-state index is -3.63. The van der Waals surface area contributed by atoms with E-state index in [0.717, 1.165) is 10.00 Å². The van der Waals surface area contributed by atoms with Crippen molar-refractivity contribution in [3.05, 3.63) is 36.2 Å². The van der Waals surface area contributed by atoms with Crippen molar-refractivity contribution in [1.82, 2.24) is 29.1 Å². The normalized spacial score (nSPS) is 39.2. The molecule has 0 spiro atoms. The lowest BCUT2D eigenvalue weighted by Gasteiger charge is -2.49. The first kappa shape index (κ1) is 63.7. The number of nitrogens with zero attached hydrogens (tertiary/aromatic N) is 7. The van der Waals surface area contributed by atoms with Gasteiger partial charge in [0.05, 0.1) is 65.2 Å². The van der Waals surface area contributed by atoms with E-state index in [9.17, 15) is 43.5 Å². The Kier molecular flexibility index (Phi) is 21.0. The minimum absolute atomic E-state index is 0.0832. The van der Waals surface area contributed by atoms with Crippen LogP contribution in [0.5, 0.6) is 0 Å². The molecule has 0 saturated carbocycles.